The highest BCUT2D eigenvalue weighted by atomic mass is 79.9. The molecule has 1 unspecified atom stereocenters. The predicted molar refractivity (Wildman–Crippen MR) is 61.0 cm³/mol. The van der Waals surface area contributed by atoms with E-state index in [1.165, 1.54) is 13.8 Å². The van der Waals surface area contributed by atoms with E-state index in [9.17, 15) is 4.39 Å². The van der Waals surface area contributed by atoms with Crippen molar-refractivity contribution in [1.82, 2.24) is 0 Å². The van der Waals surface area contributed by atoms with Gasteiger partial charge in [-0.25, -0.2) is 4.39 Å². The standard InChI is InChI=1S/C11H15BrFN/c1-11(2,13)10(14)7-8-3-5-9(12)6-4-8/h3-6,10H,7,14H2,1-2H3. The molecule has 0 aliphatic carbocycles. The Balaban J connectivity index is 2.65. The van der Waals surface area contributed by atoms with Crippen molar-refractivity contribution in [2.24, 2.45) is 5.73 Å². The molecule has 1 nitrogen and oxygen atoms in total. The maximum Gasteiger partial charge on any atom is 0.120 e. The molecule has 0 spiro atoms. The molecule has 0 aromatic heterocycles. The van der Waals surface area contributed by atoms with E-state index < -0.39 is 11.7 Å². The fourth-order valence-electron chi connectivity index (χ4n) is 1.12. The summed E-state index contributed by atoms with van der Waals surface area (Å²) in [5.74, 6) is 0. The van der Waals surface area contributed by atoms with E-state index >= 15 is 0 Å². The summed E-state index contributed by atoms with van der Waals surface area (Å²) in [5, 5.41) is 0. The number of halogens is 2. The Morgan fingerprint density at radius 2 is 1.86 bits per heavy atom. The highest BCUT2D eigenvalue weighted by Gasteiger charge is 2.25. The fraction of sp³-hybridized carbons (Fsp3) is 0.455. The van der Waals surface area contributed by atoms with Crippen LogP contribution in [0.2, 0.25) is 0 Å². The summed E-state index contributed by atoms with van der Waals surface area (Å²) in [6.45, 7) is 3.02. The highest BCUT2D eigenvalue weighted by molar-refractivity contribution is 9.10. The lowest BCUT2D eigenvalue weighted by Crippen LogP contribution is -2.41. The van der Waals surface area contributed by atoms with Crippen molar-refractivity contribution in [3.63, 3.8) is 0 Å². The van der Waals surface area contributed by atoms with Crippen LogP contribution in [0.5, 0.6) is 0 Å². The lowest BCUT2D eigenvalue weighted by molar-refractivity contribution is 0.172. The van der Waals surface area contributed by atoms with Gasteiger partial charge in [-0.1, -0.05) is 28.1 Å². The first-order valence-corrected chi connectivity index (χ1v) is 5.38. The minimum atomic E-state index is -1.33. The Kier molecular flexibility index (Phi) is 3.67. The third kappa shape index (κ3) is 3.39. The van der Waals surface area contributed by atoms with Crippen LogP contribution in [-0.4, -0.2) is 11.7 Å². The molecular weight excluding hydrogens is 245 g/mol. The molecule has 14 heavy (non-hydrogen) atoms. The molecule has 1 rings (SSSR count). The van der Waals surface area contributed by atoms with Crippen molar-refractivity contribution >= 4 is 15.9 Å². The monoisotopic (exact) mass is 259 g/mol. The van der Waals surface area contributed by atoms with Crippen LogP contribution in [0.4, 0.5) is 4.39 Å². The summed E-state index contributed by atoms with van der Waals surface area (Å²) in [4.78, 5) is 0. The highest BCUT2D eigenvalue weighted by Crippen LogP contribution is 2.18. The molecule has 0 radical (unpaired) electrons. The molecule has 0 aliphatic heterocycles. The topological polar surface area (TPSA) is 26.0 Å². The number of hydrogen-bond acceptors (Lipinski definition) is 1. The molecule has 0 fully saturated rings. The third-order valence-electron chi connectivity index (χ3n) is 2.25. The molecule has 3 heteroatoms. The van der Waals surface area contributed by atoms with Gasteiger partial charge in [-0.15, -0.1) is 0 Å². The Morgan fingerprint density at radius 1 is 1.36 bits per heavy atom. The van der Waals surface area contributed by atoms with Crippen LogP contribution in [-0.2, 0) is 6.42 Å². The summed E-state index contributed by atoms with van der Waals surface area (Å²) in [7, 11) is 0. The van der Waals surface area contributed by atoms with Crippen LogP contribution in [0.25, 0.3) is 0 Å². The molecule has 0 saturated heterocycles. The Hall–Kier alpha value is -0.410. The van der Waals surface area contributed by atoms with Gasteiger partial charge in [-0.05, 0) is 38.0 Å². The predicted octanol–water partition coefficient (Wildman–Crippen LogP) is 3.07. The van der Waals surface area contributed by atoms with Gasteiger partial charge >= 0.3 is 0 Å². The number of rotatable bonds is 3. The van der Waals surface area contributed by atoms with Crippen molar-refractivity contribution in [3.05, 3.63) is 34.3 Å². The summed E-state index contributed by atoms with van der Waals surface area (Å²) in [6, 6.07) is 7.33. The molecule has 78 valence electrons. The zero-order valence-electron chi connectivity index (χ0n) is 8.43. The average Bonchev–Trinajstić information content (AvgIpc) is 2.07. The smallest absolute Gasteiger partial charge is 0.120 e. The van der Waals surface area contributed by atoms with Crippen LogP contribution in [0.15, 0.2) is 28.7 Å². The molecule has 0 saturated carbocycles. The Bertz CT molecular complexity index is 289. The fourth-order valence-corrected chi connectivity index (χ4v) is 1.38. The van der Waals surface area contributed by atoms with Crippen molar-refractivity contribution in [2.75, 3.05) is 0 Å². The molecule has 1 atom stereocenters. The van der Waals surface area contributed by atoms with Crippen molar-refractivity contribution in [1.29, 1.82) is 0 Å². The van der Waals surface area contributed by atoms with Gasteiger partial charge in [0.1, 0.15) is 5.67 Å². The number of hydrogen-bond donors (Lipinski definition) is 1. The van der Waals surface area contributed by atoms with Crippen molar-refractivity contribution < 1.29 is 4.39 Å². The maximum absolute atomic E-state index is 13.4. The van der Waals surface area contributed by atoms with Gasteiger partial charge in [-0.3, -0.25) is 0 Å². The van der Waals surface area contributed by atoms with Gasteiger partial charge in [0.2, 0.25) is 0 Å². The average molecular weight is 260 g/mol. The Labute approximate surface area is 92.6 Å². The van der Waals surface area contributed by atoms with Gasteiger partial charge < -0.3 is 5.73 Å². The van der Waals surface area contributed by atoms with E-state index in [0.29, 0.717) is 6.42 Å². The second-order valence-corrected chi connectivity index (χ2v) is 4.92. The number of nitrogens with two attached hydrogens (primary N) is 1. The van der Waals surface area contributed by atoms with E-state index in [0.717, 1.165) is 10.0 Å². The molecule has 2 N–H and O–H groups in total. The van der Waals surface area contributed by atoms with Crippen LogP contribution >= 0.6 is 15.9 Å². The zero-order valence-corrected chi connectivity index (χ0v) is 10.0. The maximum atomic E-state index is 13.4. The summed E-state index contributed by atoms with van der Waals surface area (Å²) < 4.78 is 14.4. The van der Waals surface area contributed by atoms with Crippen LogP contribution in [0.1, 0.15) is 19.4 Å². The molecule has 0 heterocycles. The van der Waals surface area contributed by atoms with Gasteiger partial charge in [0.05, 0.1) is 0 Å². The number of benzene rings is 1. The normalized spacial score (nSPS) is 14.1. The molecule has 0 bridgehead atoms. The molecular formula is C11H15BrFN. The van der Waals surface area contributed by atoms with Crippen LogP contribution < -0.4 is 5.73 Å². The first kappa shape index (κ1) is 11.7. The van der Waals surface area contributed by atoms with Crippen molar-refractivity contribution in [3.8, 4) is 0 Å². The third-order valence-corrected chi connectivity index (χ3v) is 2.78. The minimum Gasteiger partial charge on any atom is -0.325 e. The van der Waals surface area contributed by atoms with Gasteiger partial charge in [0, 0.05) is 10.5 Å². The van der Waals surface area contributed by atoms with E-state index in [4.69, 9.17) is 5.73 Å². The molecule has 1 aromatic carbocycles. The molecule has 0 aliphatic rings. The minimum absolute atomic E-state index is 0.455. The summed E-state index contributed by atoms with van der Waals surface area (Å²) >= 11 is 3.35. The van der Waals surface area contributed by atoms with E-state index in [-0.39, 0.29) is 0 Å². The number of alkyl halides is 1. The van der Waals surface area contributed by atoms with Gasteiger partial charge in [-0.2, -0.15) is 0 Å². The molecule has 0 amide bonds. The lowest BCUT2D eigenvalue weighted by atomic mass is 9.95. The largest absolute Gasteiger partial charge is 0.325 e. The van der Waals surface area contributed by atoms with Crippen LogP contribution in [0.3, 0.4) is 0 Å². The van der Waals surface area contributed by atoms with Gasteiger partial charge in [0.15, 0.2) is 0 Å². The Morgan fingerprint density at radius 3 is 2.29 bits per heavy atom. The lowest BCUT2D eigenvalue weighted by Gasteiger charge is -2.22. The van der Waals surface area contributed by atoms with Gasteiger partial charge in [0.25, 0.3) is 0 Å². The SMILES string of the molecule is CC(C)(F)C(N)Cc1ccc(Br)cc1. The second kappa shape index (κ2) is 4.41. The zero-order chi connectivity index (χ0) is 10.8. The van der Waals surface area contributed by atoms with Crippen molar-refractivity contribution in [2.45, 2.75) is 32.0 Å². The van der Waals surface area contributed by atoms with E-state index in [1.807, 2.05) is 24.3 Å². The van der Waals surface area contributed by atoms with E-state index in [1.54, 1.807) is 0 Å². The first-order chi connectivity index (χ1) is 6.39. The van der Waals surface area contributed by atoms with E-state index in [2.05, 4.69) is 15.9 Å². The second-order valence-electron chi connectivity index (χ2n) is 4.00. The van der Waals surface area contributed by atoms with Crippen LogP contribution in [0, 0.1) is 0 Å². The first-order valence-electron chi connectivity index (χ1n) is 4.58. The summed E-state index contributed by atoms with van der Waals surface area (Å²) in [5.41, 5.74) is 5.47. The quantitative estimate of drug-likeness (QED) is 0.888. The summed E-state index contributed by atoms with van der Waals surface area (Å²) in [6.07, 6.45) is 0.566. The molecule has 1 aromatic rings.